The van der Waals surface area contributed by atoms with Crippen LogP contribution >= 0.6 is 0 Å². The molecule has 0 aromatic heterocycles. The minimum Gasteiger partial charge on any atom is 0 e. The fourth-order valence-electron chi connectivity index (χ4n) is 0. The molecule has 4 heavy (non-hydrogen) atoms. The molecule has 0 saturated heterocycles. The SMILES string of the molecule is N#[C][Hg].[Hg]. The van der Waals surface area contributed by atoms with Crippen LogP contribution in [0.3, 0.4) is 0 Å². The van der Waals surface area contributed by atoms with E-state index in [0.29, 0.717) is 26.1 Å². The molecule has 0 radical (unpaired) electrons. The van der Waals surface area contributed by atoms with Gasteiger partial charge in [0.25, 0.3) is 0 Å². The van der Waals surface area contributed by atoms with E-state index >= 15 is 0 Å². The summed E-state index contributed by atoms with van der Waals surface area (Å²) in [5, 5.41) is 7.41. The first kappa shape index (κ1) is 9.03. The van der Waals surface area contributed by atoms with Crippen molar-refractivity contribution >= 4 is 0 Å². The minimum atomic E-state index is 0. The number of rotatable bonds is 0. The van der Waals surface area contributed by atoms with Crippen molar-refractivity contribution in [2.45, 2.75) is 0 Å². The van der Waals surface area contributed by atoms with Gasteiger partial charge in [-0.05, 0) is 0 Å². The zero-order valence-corrected chi connectivity index (χ0v) is 13.4. The van der Waals surface area contributed by atoms with Crippen LogP contribution in [0.25, 0.3) is 0 Å². The van der Waals surface area contributed by atoms with E-state index in [0.717, 1.165) is 0 Å². The summed E-state index contributed by atoms with van der Waals surface area (Å²) in [7, 11) is 0. The maximum absolute atomic E-state index is 7.41. The van der Waals surface area contributed by atoms with Gasteiger partial charge in [-0.25, -0.2) is 0 Å². The maximum atomic E-state index is 7.41. The molecule has 0 saturated carbocycles. The Morgan fingerprint density at radius 1 is 1.75 bits per heavy atom. The molecule has 0 aliphatic rings. The van der Waals surface area contributed by atoms with Crippen molar-refractivity contribution in [2.24, 2.45) is 0 Å². The molecule has 0 fully saturated rings. The van der Waals surface area contributed by atoms with Gasteiger partial charge in [-0.3, -0.25) is 0 Å². The summed E-state index contributed by atoms with van der Waals surface area (Å²) in [6.07, 6.45) is 0. The van der Waals surface area contributed by atoms with Crippen LogP contribution in [0, 0.1) is 8.84 Å². The summed E-state index contributed by atoms with van der Waals surface area (Å²) in [6, 6.07) is 0. The molecule has 0 amide bonds. The van der Waals surface area contributed by atoms with Gasteiger partial charge >= 0.3 is 35.0 Å². The molecule has 0 aliphatic carbocycles. The van der Waals surface area contributed by atoms with Crippen LogP contribution < -0.4 is 0 Å². The van der Waals surface area contributed by atoms with Crippen LogP contribution in [0.15, 0.2) is 0 Å². The van der Waals surface area contributed by atoms with Crippen molar-refractivity contribution in [3.8, 4) is 3.58 Å². The predicted octanol–water partition coefficient (Wildman–Crippen LogP) is 0.0118. The van der Waals surface area contributed by atoms with Crippen LogP contribution in [0.4, 0.5) is 0 Å². The second-order valence-corrected chi connectivity index (χ2v) is 1.39. The predicted molar refractivity (Wildman–Crippen MR) is 5.61 cm³/mol. The van der Waals surface area contributed by atoms with E-state index in [1.54, 1.807) is 0 Å². The molecule has 3 heteroatoms. The van der Waals surface area contributed by atoms with Gasteiger partial charge in [0.05, 0.1) is 0 Å². The summed E-state index contributed by atoms with van der Waals surface area (Å²) in [4.78, 5) is 0. The zero-order chi connectivity index (χ0) is 2.71. The second-order valence-electron chi connectivity index (χ2n) is 0.158. The van der Waals surface area contributed by atoms with E-state index in [4.69, 9.17) is 5.26 Å². The Morgan fingerprint density at radius 2 is 1.75 bits per heavy atom. The van der Waals surface area contributed by atoms with Gasteiger partial charge < -0.3 is 0 Å². The van der Waals surface area contributed by atoms with Crippen molar-refractivity contribution in [1.29, 1.82) is 5.26 Å². The quantitative estimate of drug-likeness (QED) is 0.500. The monoisotopic (exact) mass is 430 g/mol. The standard InChI is InChI=1S/CN.2Hg/c1-2;;. The Morgan fingerprint density at radius 3 is 1.75 bits per heavy atom. The normalized spacial score (nSPS) is 2.25. The third-order valence-electron chi connectivity index (χ3n) is 0. The fourth-order valence-corrected chi connectivity index (χ4v) is 0. The molecule has 0 unspecified atom stereocenters. The summed E-state index contributed by atoms with van der Waals surface area (Å²) in [6.45, 7) is 0. The molecule has 0 spiro atoms. The third-order valence-corrected chi connectivity index (χ3v) is 0. The summed E-state index contributed by atoms with van der Waals surface area (Å²) >= 11 is 0.372. The van der Waals surface area contributed by atoms with Crippen LogP contribution in [0.1, 0.15) is 0 Å². The van der Waals surface area contributed by atoms with E-state index in [1.807, 2.05) is 3.58 Å². The Bertz CT molecular complexity index is 27.5. The molecule has 0 heterocycles. The van der Waals surface area contributed by atoms with Crippen LogP contribution in [0.2, 0.25) is 0 Å². The Kier molecular flexibility index (Phi) is 19.9. The Hall–Kier alpha value is 1.36. The van der Waals surface area contributed by atoms with Crippen molar-refractivity contribution in [3.63, 3.8) is 0 Å². The summed E-state index contributed by atoms with van der Waals surface area (Å²) in [5.41, 5.74) is 0. The third kappa shape index (κ3) is 10.1. The van der Waals surface area contributed by atoms with Crippen molar-refractivity contribution < 1.29 is 53.8 Å². The summed E-state index contributed by atoms with van der Waals surface area (Å²) in [5.74, 6) is 0. The number of nitrogens with zero attached hydrogens (tertiary/aromatic N) is 1. The largest absolute Gasteiger partial charge is 0 e. The molecular formula is CHg2N. The van der Waals surface area contributed by atoms with Gasteiger partial charge in [-0.2, -0.15) is 0 Å². The number of hydrogen-bond donors (Lipinski definition) is 0. The first-order valence-electron chi connectivity index (χ1n) is 0.577. The molecule has 0 atom stereocenters. The Labute approximate surface area is 61.9 Å². The molecule has 0 rings (SSSR count). The number of nitriles is 1. The first-order chi connectivity index (χ1) is 1.41. The average Bonchev–Trinajstić information content (AvgIpc) is 0.918. The topological polar surface area (TPSA) is 23.8 Å². The van der Waals surface area contributed by atoms with Gasteiger partial charge in [0.15, 0.2) is 0 Å². The first-order valence-corrected chi connectivity index (χ1v) is 3.33. The fraction of sp³-hybridized carbons (Fsp3) is 0. The van der Waals surface area contributed by atoms with Gasteiger partial charge in [0, 0.05) is 27.7 Å². The molecule has 0 bridgehead atoms. The van der Waals surface area contributed by atoms with Gasteiger partial charge in [-0.1, -0.05) is 0 Å². The van der Waals surface area contributed by atoms with Gasteiger partial charge in [0.1, 0.15) is 0 Å². The van der Waals surface area contributed by atoms with E-state index < -0.39 is 0 Å². The van der Waals surface area contributed by atoms with E-state index in [9.17, 15) is 0 Å². The molecular weight excluding hydrogens is 427 g/mol. The van der Waals surface area contributed by atoms with E-state index in [1.165, 1.54) is 0 Å². The van der Waals surface area contributed by atoms with Crippen LogP contribution in [-0.4, -0.2) is 0 Å². The molecule has 0 aromatic rings. The van der Waals surface area contributed by atoms with E-state index in [2.05, 4.69) is 0 Å². The zero-order valence-electron chi connectivity index (χ0n) is 2.36. The number of hydrogen-bond acceptors (Lipinski definition) is 1. The molecule has 0 aliphatic heterocycles. The summed E-state index contributed by atoms with van der Waals surface area (Å²) < 4.78 is 1.94. The van der Waals surface area contributed by atoms with Gasteiger partial charge in [-0.15, -0.1) is 0 Å². The van der Waals surface area contributed by atoms with Crippen LogP contribution in [-0.2, 0) is 53.8 Å². The van der Waals surface area contributed by atoms with Crippen molar-refractivity contribution in [2.75, 3.05) is 0 Å². The van der Waals surface area contributed by atoms with Crippen LogP contribution in [0.5, 0.6) is 0 Å². The molecule has 13 valence electrons. The van der Waals surface area contributed by atoms with Crippen molar-refractivity contribution in [1.82, 2.24) is 0 Å². The van der Waals surface area contributed by atoms with Crippen molar-refractivity contribution in [3.05, 3.63) is 0 Å². The Balaban J connectivity index is 0. The minimum absolute atomic E-state index is 0. The molecule has 0 aromatic carbocycles. The molecule has 0 N–H and O–H groups in total. The molecule has 1 nitrogen and oxygen atoms in total. The maximum Gasteiger partial charge on any atom is 0 e. The average molecular weight is 427 g/mol. The van der Waals surface area contributed by atoms with E-state index in [-0.39, 0.29) is 27.7 Å². The second kappa shape index (κ2) is 8.84. The smallest absolute Gasteiger partial charge is 0 e. The van der Waals surface area contributed by atoms with Gasteiger partial charge in [0.2, 0.25) is 0 Å².